The second-order valence-corrected chi connectivity index (χ2v) is 10.3. The van der Waals surface area contributed by atoms with Crippen LogP contribution >= 0.6 is 0 Å². The molecule has 4 heterocycles. The summed E-state index contributed by atoms with van der Waals surface area (Å²) < 4.78 is 0. The van der Waals surface area contributed by atoms with Crippen molar-refractivity contribution < 1.29 is 4.79 Å². The van der Waals surface area contributed by atoms with Gasteiger partial charge in [-0.05, 0) is 58.6 Å². The Balaban J connectivity index is 1.67. The maximum Gasteiger partial charge on any atom is 0.258 e. The van der Waals surface area contributed by atoms with Gasteiger partial charge < -0.3 is 20.5 Å². The van der Waals surface area contributed by atoms with Gasteiger partial charge in [0.05, 0.1) is 27.8 Å². The summed E-state index contributed by atoms with van der Waals surface area (Å²) >= 11 is 0. The summed E-state index contributed by atoms with van der Waals surface area (Å²) in [5.74, 6) is 0.771. The van der Waals surface area contributed by atoms with Crippen molar-refractivity contribution in [2.24, 2.45) is 5.73 Å². The number of hydrogen-bond donors (Lipinski definition) is 2. The van der Waals surface area contributed by atoms with E-state index in [0.717, 1.165) is 66.0 Å². The molecule has 2 aliphatic heterocycles. The van der Waals surface area contributed by atoms with Crippen molar-refractivity contribution >= 4 is 22.6 Å². The topological polar surface area (TPSA) is 91.1 Å². The molecule has 1 amide bonds. The maximum atomic E-state index is 13.8. The van der Waals surface area contributed by atoms with Crippen molar-refractivity contribution in [1.29, 1.82) is 0 Å². The lowest BCUT2D eigenvalue weighted by Gasteiger charge is -2.33. The summed E-state index contributed by atoms with van der Waals surface area (Å²) in [7, 11) is 0. The Morgan fingerprint density at radius 2 is 1.97 bits per heavy atom. The van der Waals surface area contributed by atoms with Crippen LogP contribution in [-0.4, -0.2) is 56.5 Å². The Hall–Kier alpha value is -2.93. The maximum absolute atomic E-state index is 13.8. The first-order valence-electron chi connectivity index (χ1n) is 11.5. The number of aromatic nitrogens is 3. The molecule has 2 aromatic heterocycles. The predicted molar refractivity (Wildman–Crippen MR) is 128 cm³/mol. The molecule has 7 heteroatoms. The Labute approximate surface area is 189 Å². The van der Waals surface area contributed by atoms with Crippen LogP contribution < -0.4 is 10.6 Å². The highest BCUT2D eigenvalue weighted by Gasteiger charge is 2.39. The third-order valence-corrected chi connectivity index (χ3v) is 7.08. The van der Waals surface area contributed by atoms with Crippen LogP contribution in [0.5, 0.6) is 0 Å². The van der Waals surface area contributed by atoms with Crippen LogP contribution in [0.3, 0.4) is 0 Å². The van der Waals surface area contributed by atoms with Gasteiger partial charge in [-0.25, -0.2) is 4.98 Å². The van der Waals surface area contributed by atoms with E-state index in [2.05, 4.69) is 48.6 Å². The Bertz CT molecular complexity index is 1190. The normalized spacial score (nSPS) is 22.8. The van der Waals surface area contributed by atoms with Gasteiger partial charge in [0.1, 0.15) is 5.82 Å². The van der Waals surface area contributed by atoms with Crippen LogP contribution in [0, 0.1) is 6.92 Å². The summed E-state index contributed by atoms with van der Waals surface area (Å²) in [6, 6.07) is 6.11. The summed E-state index contributed by atoms with van der Waals surface area (Å²) in [5, 5.41) is 0. The Kier molecular flexibility index (Phi) is 4.78. The molecule has 0 bridgehead atoms. The number of pyridine rings is 1. The summed E-state index contributed by atoms with van der Waals surface area (Å²) in [5.41, 5.74) is 11.4. The molecule has 7 nitrogen and oxygen atoms in total. The van der Waals surface area contributed by atoms with E-state index >= 15 is 0 Å². The quantitative estimate of drug-likeness (QED) is 0.655. The van der Waals surface area contributed by atoms with Gasteiger partial charge in [0.15, 0.2) is 0 Å². The lowest BCUT2D eigenvalue weighted by molar-refractivity contribution is 0.0652. The van der Waals surface area contributed by atoms with Gasteiger partial charge in [0.25, 0.3) is 5.91 Å². The zero-order chi connectivity index (χ0) is 22.7. The zero-order valence-electron chi connectivity index (χ0n) is 19.4. The predicted octanol–water partition coefficient (Wildman–Crippen LogP) is 3.88. The minimum Gasteiger partial charge on any atom is -0.368 e. The van der Waals surface area contributed by atoms with Gasteiger partial charge in [0.2, 0.25) is 0 Å². The van der Waals surface area contributed by atoms with E-state index in [-0.39, 0.29) is 17.0 Å². The van der Waals surface area contributed by atoms with Crippen LogP contribution in [0.2, 0.25) is 0 Å². The largest absolute Gasteiger partial charge is 0.368 e. The number of amides is 1. The number of nitrogens with zero attached hydrogens (tertiary/aromatic N) is 4. The Morgan fingerprint density at radius 1 is 1.16 bits per heavy atom. The van der Waals surface area contributed by atoms with Crippen molar-refractivity contribution in [1.82, 2.24) is 19.9 Å². The monoisotopic (exact) mass is 432 g/mol. The molecule has 2 saturated heterocycles. The Morgan fingerprint density at radius 3 is 2.62 bits per heavy atom. The number of hydrogen-bond acceptors (Lipinski definition) is 5. The minimum absolute atomic E-state index is 0.0368. The SMILES string of the molecule is Cc1cccc2[nH]c(-c3cncc(C(=O)N4CCCC4(C)C)c3N3CC[C@](C)(N)C3)nc12. The number of nitrogens with two attached hydrogens (primary N) is 1. The third-order valence-electron chi connectivity index (χ3n) is 7.08. The fourth-order valence-electron chi connectivity index (χ4n) is 5.23. The van der Waals surface area contributed by atoms with Gasteiger partial charge in [-0.3, -0.25) is 9.78 Å². The van der Waals surface area contributed by atoms with Gasteiger partial charge in [0, 0.05) is 43.1 Å². The fraction of sp³-hybridized carbons (Fsp3) is 0.480. The van der Waals surface area contributed by atoms with Crippen molar-refractivity contribution in [3.63, 3.8) is 0 Å². The van der Waals surface area contributed by atoms with Gasteiger partial charge in [-0.1, -0.05) is 12.1 Å². The van der Waals surface area contributed by atoms with Crippen molar-refractivity contribution in [2.75, 3.05) is 24.5 Å². The number of fused-ring (bicyclic) bond motifs is 1. The molecule has 0 saturated carbocycles. The second kappa shape index (κ2) is 7.30. The van der Waals surface area contributed by atoms with Crippen molar-refractivity contribution in [2.45, 2.75) is 58.0 Å². The lowest BCUT2D eigenvalue weighted by Crippen LogP contribution is -2.43. The average Bonchev–Trinajstić information content (AvgIpc) is 3.43. The number of carbonyl (C=O) groups is 1. The number of rotatable bonds is 3. The van der Waals surface area contributed by atoms with E-state index in [4.69, 9.17) is 10.7 Å². The van der Waals surface area contributed by atoms with Crippen LogP contribution in [0.15, 0.2) is 30.6 Å². The highest BCUT2D eigenvalue weighted by Crippen LogP contribution is 2.39. The van der Waals surface area contributed by atoms with Gasteiger partial charge in [-0.15, -0.1) is 0 Å². The first-order chi connectivity index (χ1) is 15.2. The number of anilines is 1. The molecular formula is C25H32N6O. The highest BCUT2D eigenvalue weighted by atomic mass is 16.2. The lowest BCUT2D eigenvalue weighted by atomic mass is 10.0. The summed E-state index contributed by atoms with van der Waals surface area (Å²) in [6.07, 6.45) is 6.44. The molecule has 5 rings (SSSR count). The van der Waals surface area contributed by atoms with E-state index < -0.39 is 0 Å². The van der Waals surface area contributed by atoms with E-state index in [9.17, 15) is 4.79 Å². The molecule has 0 unspecified atom stereocenters. The highest BCUT2D eigenvalue weighted by molar-refractivity contribution is 6.03. The van der Waals surface area contributed by atoms with Crippen molar-refractivity contribution in [3.05, 3.63) is 41.7 Å². The molecule has 0 radical (unpaired) electrons. The van der Waals surface area contributed by atoms with Crippen LogP contribution in [0.25, 0.3) is 22.4 Å². The minimum atomic E-state index is -0.293. The van der Waals surface area contributed by atoms with Crippen LogP contribution in [-0.2, 0) is 0 Å². The number of likely N-dealkylation sites (tertiary alicyclic amines) is 1. The van der Waals surface area contributed by atoms with Crippen LogP contribution in [0.1, 0.15) is 56.0 Å². The fourth-order valence-corrected chi connectivity index (χ4v) is 5.23. The number of para-hydroxylation sites is 1. The number of carbonyl (C=O) groups excluding carboxylic acids is 1. The van der Waals surface area contributed by atoms with E-state index in [1.165, 1.54) is 0 Å². The van der Waals surface area contributed by atoms with Crippen molar-refractivity contribution in [3.8, 4) is 11.4 Å². The number of aryl methyl sites for hydroxylation is 1. The van der Waals surface area contributed by atoms with E-state index in [1.807, 2.05) is 23.2 Å². The average molecular weight is 433 g/mol. The molecule has 168 valence electrons. The molecule has 32 heavy (non-hydrogen) atoms. The van der Waals surface area contributed by atoms with Gasteiger partial charge in [-0.2, -0.15) is 0 Å². The third kappa shape index (κ3) is 3.45. The number of aromatic amines is 1. The number of benzene rings is 1. The zero-order valence-corrected chi connectivity index (χ0v) is 19.4. The molecule has 2 fully saturated rings. The smallest absolute Gasteiger partial charge is 0.258 e. The first-order valence-corrected chi connectivity index (χ1v) is 11.5. The second-order valence-electron chi connectivity index (χ2n) is 10.3. The molecule has 1 atom stereocenters. The molecule has 0 spiro atoms. The van der Waals surface area contributed by atoms with E-state index in [0.29, 0.717) is 12.1 Å². The van der Waals surface area contributed by atoms with Crippen LogP contribution in [0.4, 0.5) is 5.69 Å². The summed E-state index contributed by atoms with van der Waals surface area (Å²) in [6.45, 7) is 10.7. The van der Waals surface area contributed by atoms with Gasteiger partial charge >= 0.3 is 0 Å². The molecule has 3 aromatic rings. The molecule has 0 aliphatic carbocycles. The van der Waals surface area contributed by atoms with E-state index in [1.54, 1.807) is 6.20 Å². The molecule has 2 aliphatic rings. The molecular weight excluding hydrogens is 400 g/mol. The molecule has 1 aromatic carbocycles. The number of H-pyrrole nitrogens is 1. The number of imidazole rings is 1. The summed E-state index contributed by atoms with van der Waals surface area (Å²) in [4.78, 5) is 30.9. The standard InChI is InChI=1S/C25H32N6O/c1-16-7-5-8-19-20(16)29-22(28-19)17-13-27-14-18(21(17)30-12-10-25(4,26)15-30)23(32)31-11-6-9-24(31,2)3/h5,7-8,13-14H,6,9-12,15,26H2,1-4H3,(H,28,29)/t25-/m0/s1. The molecule has 3 N–H and O–H groups in total. The first kappa shape index (κ1) is 20.9. The number of nitrogens with one attached hydrogen (secondary N) is 1.